The topological polar surface area (TPSA) is 32.9 Å². The van der Waals surface area contributed by atoms with Crippen molar-refractivity contribution in [2.45, 2.75) is 46.5 Å². The van der Waals surface area contributed by atoms with Gasteiger partial charge in [-0.15, -0.1) is 0 Å². The van der Waals surface area contributed by atoms with Crippen molar-refractivity contribution in [1.82, 2.24) is 4.98 Å². The van der Waals surface area contributed by atoms with Crippen molar-refractivity contribution in [2.24, 2.45) is 5.92 Å². The van der Waals surface area contributed by atoms with Gasteiger partial charge in [0.2, 0.25) is 0 Å². The minimum absolute atomic E-state index is 0.596. The fourth-order valence-electron chi connectivity index (χ4n) is 1.79. The van der Waals surface area contributed by atoms with Crippen LogP contribution >= 0.6 is 0 Å². The molecule has 0 aromatic carbocycles. The van der Waals surface area contributed by atoms with Crippen LogP contribution in [0.3, 0.4) is 0 Å². The average Bonchev–Trinajstić information content (AvgIpc) is 2.56. The minimum atomic E-state index is 0.596. The summed E-state index contributed by atoms with van der Waals surface area (Å²) in [4.78, 5) is 14.1. The molecular weight excluding hydrogens is 186 g/mol. The Bertz CT molecular complexity index is 312. The van der Waals surface area contributed by atoms with Crippen molar-refractivity contribution >= 4 is 6.29 Å². The summed E-state index contributed by atoms with van der Waals surface area (Å²) in [7, 11) is 0. The number of H-pyrrole nitrogens is 1. The highest BCUT2D eigenvalue weighted by Crippen LogP contribution is 2.15. The van der Waals surface area contributed by atoms with E-state index in [1.165, 1.54) is 24.1 Å². The predicted molar refractivity (Wildman–Crippen MR) is 63.3 cm³/mol. The first kappa shape index (κ1) is 12.0. The molecular formula is C13H21NO. The summed E-state index contributed by atoms with van der Waals surface area (Å²) >= 11 is 0. The summed E-state index contributed by atoms with van der Waals surface area (Å²) < 4.78 is 0. The maximum absolute atomic E-state index is 10.9. The summed E-state index contributed by atoms with van der Waals surface area (Å²) in [6, 6.07) is 2.15. The molecule has 0 unspecified atom stereocenters. The van der Waals surface area contributed by atoms with E-state index in [4.69, 9.17) is 0 Å². The van der Waals surface area contributed by atoms with Crippen LogP contribution in [-0.4, -0.2) is 11.3 Å². The van der Waals surface area contributed by atoms with Crippen LogP contribution in [0.15, 0.2) is 6.07 Å². The van der Waals surface area contributed by atoms with E-state index in [1.807, 2.05) is 0 Å². The van der Waals surface area contributed by atoms with Gasteiger partial charge in [-0.25, -0.2) is 0 Å². The van der Waals surface area contributed by atoms with Crippen molar-refractivity contribution in [2.75, 3.05) is 0 Å². The second kappa shape index (κ2) is 5.74. The standard InChI is InChI=1S/C13H21NO/c1-4-5-6-12-8-11(7-10(2)3)13(9-15)14-12/h8-10,14H,4-7H2,1-3H3. The number of hydrogen-bond acceptors (Lipinski definition) is 1. The molecule has 0 atom stereocenters. The van der Waals surface area contributed by atoms with E-state index in [1.54, 1.807) is 0 Å². The van der Waals surface area contributed by atoms with Gasteiger partial charge in [-0.1, -0.05) is 27.2 Å². The fourth-order valence-corrected chi connectivity index (χ4v) is 1.79. The van der Waals surface area contributed by atoms with Crippen LogP contribution < -0.4 is 0 Å². The van der Waals surface area contributed by atoms with E-state index < -0.39 is 0 Å². The van der Waals surface area contributed by atoms with Crippen LogP contribution in [0, 0.1) is 5.92 Å². The van der Waals surface area contributed by atoms with E-state index in [-0.39, 0.29) is 0 Å². The third-order valence-electron chi connectivity index (χ3n) is 2.54. The molecule has 0 spiro atoms. The molecule has 0 fully saturated rings. The Morgan fingerprint density at radius 2 is 2.20 bits per heavy atom. The molecule has 1 N–H and O–H groups in total. The highest BCUT2D eigenvalue weighted by molar-refractivity contribution is 5.74. The molecule has 1 aromatic rings. The molecule has 2 nitrogen and oxygen atoms in total. The number of unbranched alkanes of at least 4 members (excludes halogenated alkanes) is 1. The first-order chi connectivity index (χ1) is 7.17. The number of aromatic nitrogens is 1. The SMILES string of the molecule is CCCCc1cc(CC(C)C)c(C=O)[nH]1. The monoisotopic (exact) mass is 207 g/mol. The van der Waals surface area contributed by atoms with E-state index in [0.717, 1.165) is 24.8 Å². The van der Waals surface area contributed by atoms with Gasteiger partial charge < -0.3 is 4.98 Å². The Labute approximate surface area is 92.1 Å². The summed E-state index contributed by atoms with van der Waals surface area (Å²) in [5, 5.41) is 0. The normalized spacial score (nSPS) is 10.9. The average molecular weight is 207 g/mol. The van der Waals surface area contributed by atoms with Gasteiger partial charge in [-0.05, 0) is 36.8 Å². The van der Waals surface area contributed by atoms with E-state index in [2.05, 4.69) is 31.8 Å². The smallest absolute Gasteiger partial charge is 0.166 e. The lowest BCUT2D eigenvalue weighted by Gasteiger charge is -2.01. The number of nitrogens with one attached hydrogen (secondary N) is 1. The number of hydrogen-bond donors (Lipinski definition) is 1. The third kappa shape index (κ3) is 3.54. The van der Waals surface area contributed by atoms with Crippen LogP contribution in [0.2, 0.25) is 0 Å². The van der Waals surface area contributed by atoms with Crippen molar-refractivity contribution in [3.05, 3.63) is 23.0 Å². The van der Waals surface area contributed by atoms with Crippen LogP contribution in [0.4, 0.5) is 0 Å². The molecule has 0 bridgehead atoms. The number of carbonyl (C=O) groups is 1. The first-order valence-corrected chi connectivity index (χ1v) is 5.83. The zero-order chi connectivity index (χ0) is 11.3. The summed E-state index contributed by atoms with van der Waals surface area (Å²) in [6.07, 6.45) is 5.34. The van der Waals surface area contributed by atoms with E-state index in [0.29, 0.717) is 5.92 Å². The molecule has 1 heterocycles. The Morgan fingerprint density at radius 1 is 1.47 bits per heavy atom. The highest BCUT2D eigenvalue weighted by Gasteiger charge is 2.08. The Hall–Kier alpha value is -1.05. The lowest BCUT2D eigenvalue weighted by atomic mass is 10.0. The molecule has 0 saturated heterocycles. The molecule has 0 aliphatic heterocycles. The highest BCUT2D eigenvalue weighted by atomic mass is 16.1. The third-order valence-corrected chi connectivity index (χ3v) is 2.54. The van der Waals surface area contributed by atoms with E-state index in [9.17, 15) is 4.79 Å². The first-order valence-electron chi connectivity index (χ1n) is 5.83. The zero-order valence-electron chi connectivity index (χ0n) is 9.97. The van der Waals surface area contributed by atoms with Gasteiger partial charge in [0.15, 0.2) is 6.29 Å². The lowest BCUT2D eigenvalue weighted by Crippen LogP contribution is -1.96. The van der Waals surface area contributed by atoms with Gasteiger partial charge in [-0.2, -0.15) is 0 Å². The Kier molecular flexibility index (Phi) is 4.60. The van der Waals surface area contributed by atoms with Crippen LogP contribution in [0.5, 0.6) is 0 Å². The molecule has 1 aromatic heterocycles. The van der Waals surface area contributed by atoms with E-state index >= 15 is 0 Å². The van der Waals surface area contributed by atoms with Crippen molar-refractivity contribution in [3.63, 3.8) is 0 Å². The summed E-state index contributed by atoms with van der Waals surface area (Å²) in [5.41, 5.74) is 3.15. The molecule has 15 heavy (non-hydrogen) atoms. The van der Waals surface area contributed by atoms with Crippen LogP contribution in [0.1, 0.15) is 55.4 Å². The van der Waals surface area contributed by atoms with Crippen LogP contribution in [-0.2, 0) is 12.8 Å². The Morgan fingerprint density at radius 3 is 2.73 bits per heavy atom. The van der Waals surface area contributed by atoms with Gasteiger partial charge in [0.25, 0.3) is 0 Å². The maximum atomic E-state index is 10.9. The van der Waals surface area contributed by atoms with Gasteiger partial charge in [0.05, 0.1) is 5.69 Å². The van der Waals surface area contributed by atoms with Gasteiger partial charge >= 0.3 is 0 Å². The largest absolute Gasteiger partial charge is 0.356 e. The van der Waals surface area contributed by atoms with Crippen molar-refractivity contribution in [1.29, 1.82) is 0 Å². The second-order valence-corrected chi connectivity index (χ2v) is 4.55. The molecule has 1 rings (SSSR count). The van der Waals surface area contributed by atoms with Crippen molar-refractivity contribution in [3.8, 4) is 0 Å². The lowest BCUT2D eigenvalue weighted by molar-refractivity contribution is 0.111. The quantitative estimate of drug-likeness (QED) is 0.713. The maximum Gasteiger partial charge on any atom is 0.166 e. The number of aromatic amines is 1. The molecule has 0 amide bonds. The number of aldehydes is 1. The fraction of sp³-hybridized carbons (Fsp3) is 0.615. The molecule has 0 saturated carbocycles. The molecule has 0 aliphatic rings. The van der Waals surface area contributed by atoms with Crippen LogP contribution in [0.25, 0.3) is 0 Å². The number of aryl methyl sites for hydroxylation is 1. The zero-order valence-corrected chi connectivity index (χ0v) is 9.97. The predicted octanol–water partition coefficient (Wildman–Crippen LogP) is 3.37. The molecule has 0 aliphatic carbocycles. The summed E-state index contributed by atoms with van der Waals surface area (Å²) in [6.45, 7) is 6.53. The number of rotatable bonds is 6. The Balaban J connectivity index is 2.75. The second-order valence-electron chi connectivity index (χ2n) is 4.55. The van der Waals surface area contributed by atoms with Crippen molar-refractivity contribution < 1.29 is 4.79 Å². The number of carbonyl (C=O) groups excluding carboxylic acids is 1. The molecule has 84 valence electrons. The molecule has 2 heteroatoms. The van der Waals surface area contributed by atoms with Gasteiger partial charge in [-0.3, -0.25) is 4.79 Å². The van der Waals surface area contributed by atoms with Gasteiger partial charge in [0, 0.05) is 5.69 Å². The molecule has 0 radical (unpaired) electrons. The van der Waals surface area contributed by atoms with Gasteiger partial charge in [0.1, 0.15) is 0 Å². The minimum Gasteiger partial charge on any atom is -0.356 e. The summed E-state index contributed by atoms with van der Waals surface area (Å²) in [5.74, 6) is 0.596.